The third kappa shape index (κ3) is 4.83. The molecular formula is C24H26N4OS2. The molecule has 0 saturated heterocycles. The Labute approximate surface area is 191 Å². The van der Waals surface area contributed by atoms with Crippen LogP contribution in [0.5, 0.6) is 5.75 Å². The van der Waals surface area contributed by atoms with E-state index < -0.39 is 0 Å². The first-order valence-electron chi connectivity index (χ1n) is 10.2. The molecule has 2 aromatic heterocycles. The molecule has 31 heavy (non-hydrogen) atoms. The number of aromatic nitrogens is 4. The molecule has 0 N–H and O–H groups in total. The average Bonchev–Trinajstić information content (AvgIpc) is 3.36. The smallest absolute Gasteiger partial charge is 0.191 e. The summed E-state index contributed by atoms with van der Waals surface area (Å²) in [4.78, 5) is 4.80. The van der Waals surface area contributed by atoms with Crippen molar-refractivity contribution in [3.05, 3.63) is 76.1 Å². The van der Waals surface area contributed by atoms with Gasteiger partial charge in [0, 0.05) is 23.7 Å². The summed E-state index contributed by atoms with van der Waals surface area (Å²) in [5.41, 5.74) is 5.83. The van der Waals surface area contributed by atoms with Crippen molar-refractivity contribution in [2.75, 3.05) is 0 Å². The van der Waals surface area contributed by atoms with Gasteiger partial charge in [-0.3, -0.25) is 0 Å². The minimum Gasteiger partial charge on any atom is -0.482 e. The van der Waals surface area contributed by atoms with Crippen molar-refractivity contribution >= 4 is 23.1 Å². The average molecular weight is 451 g/mol. The fourth-order valence-electron chi connectivity index (χ4n) is 3.32. The number of hydrogen-bond donors (Lipinski definition) is 0. The van der Waals surface area contributed by atoms with Crippen LogP contribution in [0.3, 0.4) is 0 Å². The fourth-order valence-corrected chi connectivity index (χ4v) is 5.06. The molecule has 5 nitrogen and oxygen atoms in total. The zero-order chi connectivity index (χ0) is 22.0. The largest absolute Gasteiger partial charge is 0.482 e. The number of nitrogens with zero attached hydrogens (tertiary/aromatic N) is 4. The predicted molar refractivity (Wildman–Crippen MR) is 128 cm³/mol. The Morgan fingerprint density at radius 1 is 1.10 bits per heavy atom. The molecule has 0 fully saturated rings. The zero-order valence-electron chi connectivity index (χ0n) is 18.4. The van der Waals surface area contributed by atoms with Gasteiger partial charge in [0.15, 0.2) is 17.1 Å². The second kappa shape index (κ2) is 9.24. The lowest BCUT2D eigenvalue weighted by atomic mass is 10.1. The molecule has 0 aliphatic heterocycles. The SMILES string of the molecule is Cc1cccc(-c2nc(CSc3nnc(C(C)Oc4cccc(C)c4C)n3C)cs2)c1. The fraction of sp³-hybridized carbons (Fsp3) is 0.292. The lowest BCUT2D eigenvalue weighted by Crippen LogP contribution is -2.10. The topological polar surface area (TPSA) is 52.8 Å². The van der Waals surface area contributed by atoms with Gasteiger partial charge in [-0.15, -0.1) is 21.5 Å². The first kappa shape index (κ1) is 21.6. The van der Waals surface area contributed by atoms with E-state index in [4.69, 9.17) is 9.72 Å². The van der Waals surface area contributed by atoms with Crippen molar-refractivity contribution < 1.29 is 4.74 Å². The molecule has 0 saturated carbocycles. The Kier molecular flexibility index (Phi) is 6.43. The van der Waals surface area contributed by atoms with E-state index in [0.717, 1.165) is 38.7 Å². The van der Waals surface area contributed by atoms with Crippen molar-refractivity contribution in [2.24, 2.45) is 7.05 Å². The first-order chi connectivity index (χ1) is 14.9. The molecule has 160 valence electrons. The Morgan fingerprint density at radius 3 is 2.71 bits per heavy atom. The van der Waals surface area contributed by atoms with Crippen LogP contribution in [0.4, 0.5) is 0 Å². The van der Waals surface area contributed by atoms with Crippen molar-refractivity contribution in [3.8, 4) is 16.3 Å². The van der Waals surface area contributed by atoms with Crippen LogP contribution in [-0.2, 0) is 12.8 Å². The van der Waals surface area contributed by atoms with Crippen LogP contribution in [0, 0.1) is 20.8 Å². The van der Waals surface area contributed by atoms with Gasteiger partial charge in [0.2, 0.25) is 0 Å². The monoisotopic (exact) mass is 450 g/mol. The lowest BCUT2D eigenvalue weighted by Gasteiger charge is -2.16. The molecule has 1 atom stereocenters. The summed E-state index contributed by atoms with van der Waals surface area (Å²) in [5, 5.41) is 12.8. The highest BCUT2D eigenvalue weighted by atomic mass is 32.2. The molecule has 0 aliphatic carbocycles. The third-order valence-corrected chi connectivity index (χ3v) is 7.25. The van der Waals surface area contributed by atoms with Gasteiger partial charge in [-0.25, -0.2) is 4.98 Å². The maximum absolute atomic E-state index is 6.19. The van der Waals surface area contributed by atoms with E-state index in [-0.39, 0.29) is 6.10 Å². The highest BCUT2D eigenvalue weighted by Crippen LogP contribution is 2.30. The molecule has 0 bridgehead atoms. The van der Waals surface area contributed by atoms with E-state index in [9.17, 15) is 0 Å². The molecular weight excluding hydrogens is 424 g/mol. The van der Waals surface area contributed by atoms with Crippen LogP contribution in [0.2, 0.25) is 0 Å². The Bertz CT molecular complexity index is 1200. The van der Waals surface area contributed by atoms with Crippen molar-refractivity contribution in [3.63, 3.8) is 0 Å². The van der Waals surface area contributed by atoms with E-state index >= 15 is 0 Å². The summed E-state index contributed by atoms with van der Waals surface area (Å²) in [6.45, 7) is 8.28. The molecule has 0 amide bonds. The Hall–Kier alpha value is -2.64. The normalized spacial score (nSPS) is 12.2. The number of thiazole rings is 1. The van der Waals surface area contributed by atoms with Crippen LogP contribution in [0.1, 0.15) is 41.2 Å². The van der Waals surface area contributed by atoms with E-state index in [1.807, 2.05) is 30.7 Å². The second-order valence-corrected chi connectivity index (χ2v) is 9.46. The summed E-state index contributed by atoms with van der Waals surface area (Å²) in [6, 6.07) is 14.6. The molecule has 4 rings (SSSR count). The first-order valence-corrected chi connectivity index (χ1v) is 12.1. The van der Waals surface area contributed by atoms with Crippen LogP contribution >= 0.6 is 23.1 Å². The summed E-state index contributed by atoms with van der Waals surface area (Å²) < 4.78 is 8.20. The molecule has 1 unspecified atom stereocenters. The molecule has 4 aromatic rings. The van der Waals surface area contributed by atoms with E-state index in [1.54, 1.807) is 23.1 Å². The van der Waals surface area contributed by atoms with Crippen LogP contribution in [-0.4, -0.2) is 19.7 Å². The Morgan fingerprint density at radius 2 is 1.90 bits per heavy atom. The molecule has 0 radical (unpaired) electrons. The highest BCUT2D eigenvalue weighted by Gasteiger charge is 2.18. The van der Waals surface area contributed by atoms with Crippen LogP contribution in [0.25, 0.3) is 10.6 Å². The number of benzene rings is 2. The maximum Gasteiger partial charge on any atom is 0.191 e. The number of aryl methyl sites for hydroxylation is 2. The van der Waals surface area contributed by atoms with Gasteiger partial charge in [-0.1, -0.05) is 47.7 Å². The lowest BCUT2D eigenvalue weighted by molar-refractivity contribution is 0.210. The van der Waals surface area contributed by atoms with Crippen LogP contribution in [0.15, 0.2) is 53.0 Å². The minimum atomic E-state index is -0.195. The number of ether oxygens (including phenoxy) is 1. The van der Waals surface area contributed by atoms with Gasteiger partial charge in [0.25, 0.3) is 0 Å². The maximum atomic E-state index is 6.19. The molecule has 7 heteroatoms. The van der Waals surface area contributed by atoms with E-state index in [0.29, 0.717) is 0 Å². The van der Waals surface area contributed by atoms with Gasteiger partial charge < -0.3 is 9.30 Å². The highest BCUT2D eigenvalue weighted by molar-refractivity contribution is 7.98. The van der Waals surface area contributed by atoms with Crippen LogP contribution < -0.4 is 4.74 Å². The minimum absolute atomic E-state index is 0.195. The number of hydrogen-bond acceptors (Lipinski definition) is 6. The number of thioether (sulfide) groups is 1. The van der Waals surface area contributed by atoms with Crippen molar-refractivity contribution in [1.82, 2.24) is 19.7 Å². The molecule has 2 heterocycles. The summed E-state index contributed by atoms with van der Waals surface area (Å²) in [5.74, 6) is 2.44. The van der Waals surface area contributed by atoms with Gasteiger partial charge in [0.05, 0.1) is 5.69 Å². The zero-order valence-corrected chi connectivity index (χ0v) is 20.0. The number of rotatable bonds is 7. The Balaban J connectivity index is 1.42. The summed E-state index contributed by atoms with van der Waals surface area (Å²) in [6.07, 6.45) is -0.195. The van der Waals surface area contributed by atoms with Gasteiger partial charge in [0.1, 0.15) is 10.8 Å². The third-order valence-electron chi connectivity index (χ3n) is 5.26. The molecule has 0 aliphatic rings. The standard InChI is InChI=1S/C24H26N4OS2/c1-15-8-6-10-19(12-15)23-25-20(13-30-23)14-31-24-27-26-22(28(24)5)18(4)29-21-11-7-9-16(2)17(21)3/h6-13,18H,14H2,1-5H3. The van der Waals surface area contributed by atoms with Crippen molar-refractivity contribution in [1.29, 1.82) is 0 Å². The summed E-state index contributed by atoms with van der Waals surface area (Å²) in [7, 11) is 1.99. The van der Waals surface area contributed by atoms with E-state index in [1.165, 1.54) is 16.7 Å². The summed E-state index contributed by atoms with van der Waals surface area (Å²) >= 11 is 3.32. The van der Waals surface area contributed by atoms with Crippen molar-refractivity contribution in [2.45, 2.75) is 44.7 Å². The molecule has 2 aromatic carbocycles. The van der Waals surface area contributed by atoms with Gasteiger partial charge >= 0.3 is 0 Å². The van der Waals surface area contributed by atoms with Gasteiger partial charge in [-0.2, -0.15) is 0 Å². The second-order valence-electron chi connectivity index (χ2n) is 7.66. The quantitative estimate of drug-likeness (QED) is 0.309. The van der Waals surface area contributed by atoms with Gasteiger partial charge in [-0.05, 0) is 51.0 Å². The molecule has 0 spiro atoms. The van der Waals surface area contributed by atoms with E-state index in [2.05, 4.69) is 66.7 Å². The predicted octanol–water partition coefficient (Wildman–Crippen LogP) is 6.30.